The number of rotatable bonds is 5. The highest BCUT2D eigenvalue weighted by atomic mass is 16.3. The van der Waals surface area contributed by atoms with Crippen LogP contribution in [0.3, 0.4) is 0 Å². The van der Waals surface area contributed by atoms with E-state index in [0.29, 0.717) is 6.42 Å². The summed E-state index contributed by atoms with van der Waals surface area (Å²) in [5, 5.41) is 9.21. The molecule has 1 atom stereocenters. The Hall–Kier alpha value is -1.35. The Labute approximate surface area is 121 Å². The number of benzene rings is 1. The second kappa shape index (κ2) is 7.44. The van der Waals surface area contributed by atoms with Gasteiger partial charge >= 0.3 is 0 Å². The molecule has 0 aromatic heterocycles. The number of amides is 1. The first kappa shape index (κ1) is 15.0. The molecular weight excluding hydrogens is 250 g/mol. The molecule has 0 spiro atoms. The number of piperidine rings is 1. The van der Waals surface area contributed by atoms with E-state index >= 15 is 0 Å². The van der Waals surface area contributed by atoms with Gasteiger partial charge in [0.15, 0.2) is 0 Å². The zero-order valence-electron chi connectivity index (χ0n) is 12.3. The lowest BCUT2D eigenvalue weighted by atomic mass is 9.98. The van der Waals surface area contributed by atoms with Crippen LogP contribution in [0.2, 0.25) is 0 Å². The third-order valence-corrected chi connectivity index (χ3v) is 4.19. The lowest BCUT2D eigenvalue weighted by Gasteiger charge is -2.32. The van der Waals surface area contributed by atoms with Crippen LogP contribution in [0.5, 0.6) is 0 Å². The Morgan fingerprint density at radius 2 is 2.00 bits per heavy atom. The van der Waals surface area contributed by atoms with Gasteiger partial charge in [-0.1, -0.05) is 31.2 Å². The fraction of sp³-hybridized carbons (Fsp3) is 0.588. The molecule has 110 valence electrons. The summed E-state index contributed by atoms with van der Waals surface area (Å²) in [6, 6.07) is 8.53. The van der Waals surface area contributed by atoms with Crippen LogP contribution in [0.4, 0.5) is 0 Å². The molecule has 1 saturated heterocycles. The van der Waals surface area contributed by atoms with Gasteiger partial charge in [-0.3, -0.25) is 4.79 Å². The van der Waals surface area contributed by atoms with Crippen LogP contribution in [-0.2, 0) is 17.6 Å². The predicted octanol–water partition coefficient (Wildman–Crippen LogP) is 2.41. The van der Waals surface area contributed by atoms with Gasteiger partial charge in [0, 0.05) is 26.1 Å². The molecule has 1 fully saturated rings. The molecule has 3 nitrogen and oxygen atoms in total. The minimum Gasteiger partial charge on any atom is -0.396 e. The zero-order chi connectivity index (χ0) is 14.4. The van der Waals surface area contributed by atoms with Crippen LogP contribution < -0.4 is 0 Å². The van der Waals surface area contributed by atoms with E-state index in [0.717, 1.165) is 38.8 Å². The van der Waals surface area contributed by atoms with Crippen LogP contribution in [0, 0.1) is 5.92 Å². The Bertz CT molecular complexity index is 427. The van der Waals surface area contributed by atoms with Crippen LogP contribution >= 0.6 is 0 Å². The number of aryl methyl sites for hydroxylation is 2. The summed E-state index contributed by atoms with van der Waals surface area (Å²) >= 11 is 0. The van der Waals surface area contributed by atoms with E-state index in [1.54, 1.807) is 0 Å². The van der Waals surface area contributed by atoms with E-state index in [4.69, 9.17) is 0 Å². The van der Waals surface area contributed by atoms with Gasteiger partial charge in [-0.05, 0) is 42.7 Å². The second-order valence-corrected chi connectivity index (χ2v) is 5.70. The average Bonchev–Trinajstić information content (AvgIpc) is 2.53. The van der Waals surface area contributed by atoms with Gasteiger partial charge in [0.2, 0.25) is 5.91 Å². The molecule has 20 heavy (non-hydrogen) atoms. The fourth-order valence-corrected chi connectivity index (χ4v) is 2.79. The van der Waals surface area contributed by atoms with Gasteiger partial charge in [0.1, 0.15) is 0 Å². The molecule has 2 rings (SSSR count). The van der Waals surface area contributed by atoms with Gasteiger partial charge in [-0.25, -0.2) is 0 Å². The van der Waals surface area contributed by atoms with Crippen LogP contribution in [0.15, 0.2) is 24.3 Å². The van der Waals surface area contributed by atoms with Gasteiger partial charge in [-0.15, -0.1) is 0 Å². The van der Waals surface area contributed by atoms with Crippen molar-refractivity contribution in [2.24, 2.45) is 5.92 Å². The molecule has 1 heterocycles. The number of aliphatic hydroxyl groups excluding tert-OH is 1. The van der Waals surface area contributed by atoms with Gasteiger partial charge < -0.3 is 10.0 Å². The van der Waals surface area contributed by atoms with E-state index < -0.39 is 0 Å². The molecule has 0 aliphatic carbocycles. The van der Waals surface area contributed by atoms with Crippen LogP contribution in [0.25, 0.3) is 0 Å². The molecule has 0 bridgehead atoms. The maximum atomic E-state index is 12.2. The standard InChI is InChI=1S/C17H25NO2/c1-2-14-5-7-15(8-6-14)9-10-17(20)18-11-3-4-16(12-18)13-19/h5-8,16,19H,2-4,9-13H2,1H3. The number of hydrogen-bond donors (Lipinski definition) is 1. The normalized spacial score (nSPS) is 19.1. The van der Waals surface area contributed by atoms with Crippen molar-refractivity contribution in [3.8, 4) is 0 Å². The average molecular weight is 275 g/mol. The van der Waals surface area contributed by atoms with Gasteiger partial charge in [0.25, 0.3) is 0 Å². The molecule has 1 unspecified atom stereocenters. The molecule has 1 aromatic rings. The number of carbonyl (C=O) groups excluding carboxylic acids is 1. The van der Waals surface area contributed by atoms with E-state index in [1.165, 1.54) is 11.1 Å². The van der Waals surface area contributed by atoms with E-state index in [2.05, 4.69) is 31.2 Å². The van der Waals surface area contributed by atoms with Crippen molar-refractivity contribution in [1.82, 2.24) is 4.90 Å². The van der Waals surface area contributed by atoms with Crippen molar-refractivity contribution >= 4 is 5.91 Å². The first-order valence-electron chi connectivity index (χ1n) is 7.69. The maximum Gasteiger partial charge on any atom is 0.222 e. The minimum absolute atomic E-state index is 0.197. The summed E-state index contributed by atoms with van der Waals surface area (Å²) in [7, 11) is 0. The number of hydrogen-bond acceptors (Lipinski definition) is 2. The van der Waals surface area contributed by atoms with Crippen molar-refractivity contribution in [3.63, 3.8) is 0 Å². The maximum absolute atomic E-state index is 12.2. The quantitative estimate of drug-likeness (QED) is 0.896. The Balaban J connectivity index is 1.81. The summed E-state index contributed by atoms with van der Waals surface area (Å²) in [6.45, 7) is 3.92. The largest absolute Gasteiger partial charge is 0.396 e. The number of carbonyl (C=O) groups is 1. The van der Waals surface area contributed by atoms with Crippen molar-refractivity contribution in [3.05, 3.63) is 35.4 Å². The zero-order valence-corrected chi connectivity index (χ0v) is 12.3. The van der Waals surface area contributed by atoms with E-state index in [-0.39, 0.29) is 18.4 Å². The fourth-order valence-electron chi connectivity index (χ4n) is 2.79. The summed E-state index contributed by atoms with van der Waals surface area (Å²) in [5.41, 5.74) is 2.56. The SMILES string of the molecule is CCc1ccc(CCC(=O)N2CCCC(CO)C2)cc1. The highest BCUT2D eigenvalue weighted by molar-refractivity contribution is 5.76. The topological polar surface area (TPSA) is 40.5 Å². The monoisotopic (exact) mass is 275 g/mol. The molecule has 1 aliphatic rings. The lowest BCUT2D eigenvalue weighted by molar-refractivity contribution is -0.133. The van der Waals surface area contributed by atoms with Crippen LogP contribution in [-0.4, -0.2) is 35.6 Å². The Morgan fingerprint density at radius 3 is 2.65 bits per heavy atom. The van der Waals surface area contributed by atoms with Crippen molar-refractivity contribution in [1.29, 1.82) is 0 Å². The summed E-state index contributed by atoms with van der Waals surface area (Å²) in [5.74, 6) is 0.499. The number of likely N-dealkylation sites (tertiary alicyclic amines) is 1. The summed E-state index contributed by atoms with van der Waals surface area (Å²) < 4.78 is 0. The summed E-state index contributed by atoms with van der Waals surface area (Å²) in [4.78, 5) is 14.1. The smallest absolute Gasteiger partial charge is 0.222 e. The van der Waals surface area contributed by atoms with E-state index in [1.807, 2.05) is 4.90 Å². The molecule has 1 aliphatic heterocycles. The number of aliphatic hydroxyl groups is 1. The first-order chi connectivity index (χ1) is 9.72. The first-order valence-corrected chi connectivity index (χ1v) is 7.69. The van der Waals surface area contributed by atoms with Gasteiger partial charge in [0.05, 0.1) is 0 Å². The molecule has 1 N–H and O–H groups in total. The molecule has 0 saturated carbocycles. The molecular formula is C17H25NO2. The van der Waals surface area contributed by atoms with Gasteiger partial charge in [-0.2, -0.15) is 0 Å². The highest BCUT2D eigenvalue weighted by Gasteiger charge is 2.22. The summed E-state index contributed by atoms with van der Waals surface area (Å²) in [6.07, 6.45) is 4.49. The number of nitrogens with zero attached hydrogens (tertiary/aromatic N) is 1. The van der Waals surface area contributed by atoms with Crippen LogP contribution in [0.1, 0.15) is 37.3 Å². The van der Waals surface area contributed by atoms with E-state index in [9.17, 15) is 9.90 Å². The Kier molecular flexibility index (Phi) is 5.60. The third-order valence-electron chi connectivity index (χ3n) is 4.19. The third kappa shape index (κ3) is 4.07. The molecule has 1 aromatic carbocycles. The molecule has 0 radical (unpaired) electrons. The van der Waals surface area contributed by atoms with Crippen molar-refractivity contribution in [2.75, 3.05) is 19.7 Å². The van der Waals surface area contributed by atoms with Crippen molar-refractivity contribution < 1.29 is 9.90 Å². The molecule has 1 amide bonds. The molecule has 3 heteroatoms. The predicted molar refractivity (Wildman–Crippen MR) is 80.5 cm³/mol. The lowest BCUT2D eigenvalue weighted by Crippen LogP contribution is -2.41. The highest BCUT2D eigenvalue weighted by Crippen LogP contribution is 2.17. The Morgan fingerprint density at radius 1 is 1.30 bits per heavy atom. The minimum atomic E-state index is 0.197. The van der Waals surface area contributed by atoms with Crippen molar-refractivity contribution in [2.45, 2.75) is 39.0 Å². The second-order valence-electron chi connectivity index (χ2n) is 5.70.